The summed E-state index contributed by atoms with van der Waals surface area (Å²) >= 11 is 0. The lowest BCUT2D eigenvalue weighted by atomic mass is 10.1. The summed E-state index contributed by atoms with van der Waals surface area (Å²) in [5.74, 6) is 0. The molecule has 2 aromatic heterocycles. The fourth-order valence-electron chi connectivity index (χ4n) is 2.44. The van der Waals surface area contributed by atoms with Gasteiger partial charge in [-0.25, -0.2) is 4.98 Å². The normalized spacial score (nSPS) is 11.4. The summed E-state index contributed by atoms with van der Waals surface area (Å²) in [4.78, 5) is 17.0. The van der Waals surface area contributed by atoms with Gasteiger partial charge in [0.2, 0.25) is 0 Å². The minimum absolute atomic E-state index is 0.0219. The van der Waals surface area contributed by atoms with Gasteiger partial charge in [-0.2, -0.15) is 0 Å². The molecule has 0 aliphatic heterocycles. The fraction of sp³-hybridized carbons (Fsp3) is 0. The van der Waals surface area contributed by atoms with Gasteiger partial charge in [-0.1, -0.05) is 30.3 Å². The van der Waals surface area contributed by atoms with Gasteiger partial charge in [0, 0.05) is 6.20 Å². The Morgan fingerprint density at radius 2 is 1.63 bits per heavy atom. The average Bonchev–Trinajstić information content (AvgIpc) is 2.46. The van der Waals surface area contributed by atoms with Crippen molar-refractivity contribution in [2.45, 2.75) is 0 Å². The maximum absolute atomic E-state index is 12.5. The molecule has 0 saturated carbocycles. The summed E-state index contributed by atoms with van der Waals surface area (Å²) in [7, 11) is 0. The molecule has 2 aromatic carbocycles. The molecule has 3 heteroatoms. The van der Waals surface area contributed by atoms with E-state index in [-0.39, 0.29) is 5.56 Å². The molecule has 0 fully saturated rings. The van der Waals surface area contributed by atoms with Crippen molar-refractivity contribution in [1.29, 1.82) is 0 Å². The molecule has 90 valence electrons. The van der Waals surface area contributed by atoms with E-state index in [2.05, 4.69) is 4.98 Å². The molecule has 0 radical (unpaired) electrons. The van der Waals surface area contributed by atoms with E-state index >= 15 is 0 Å². The molecule has 0 atom stereocenters. The third kappa shape index (κ3) is 1.45. The standard InChI is InChI=1S/C16H10N2O/c19-16-13-9-11-5-1-2-6-12(11)10-14(13)17-15-7-3-4-8-18(15)16/h1-10H. The van der Waals surface area contributed by atoms with Gasteiger partial charge in [0.15, 0.2) is 0 Å². The van der Waals surface area contributed by atoms with Gasteiger partial charge in [-0.05, 0) is 35.0 Å². The summed E-state index contributed by atoms with van der Waals surface area (Å²) < 4.78 is 1.58. The number of hydrogen-bond acceptors (Lipinski definition) is 2. The van der Waals surface area contributed by atoms with Crippen LogP contribution in [0, 0.1) is 0 Å². The van der Waals surface area contributed by atoms with Gasteiger partial charge in [-0.15, -0.1) is 0 Å². The summed E-state index contributed by atoms with van der Waals surface area (Å²) in [5.41, 5.74) is 1.40. The largest absolute Gasteiger partial charge is 0.268 e. The van der Waals surface area contributed by atoms with Crippen LogP contribution in [0.4, 0.5) is 0 Å². The zero-order valence-electron chi connectivity index (χ0n) is 10.1. The molecule has 3 nitrogen and oxygen atoms in total. The van der Waals surface area contributed by atoms with Crippen LogP contribution in [-0.2, 0) is 0 Å². The second-order valence-electron chi connectivity index (χ2n) is 4.56. The van der Waals surface area contributed by atoms with Gasteiger partial charge < -0.3 is 0 Å². The number of fused-ring (bicyclic) bond motifs is 3. The minimum atomic E-state index is -0.0219. The molecule has 0 aliphatic carbocycles. The molecule has 0 N–H and O–H groups in total. The number of hydrogen-bond donors (Lipinski definition) is 0. The zero-order valence-corrected chi connectivity index (χ0v) is 10.1. The van der Waals surface area contributed by atoms with Crippen LogP contribution in [0.2, 0.25) is 0 Å². The van der Waals surface area contributed by atoms with Crippen molar-refractivity contribution in [3.63, 3.8) is 0 Å². The van der Waals surface area contributed by atoms with Crippen LogP contribution in [0.5, 0.6) is 0 Å². The Hall–Kier alpha value is -2.68. The highest BCUT2D eigenvalue weighted by atomic mass is 16.1. The zero-order chi connectivity index (χ0) is 12.8. The Balaban J connectivity index is 2.29. The van der Waals surface area contributed by atoms with Crippen LogP contribution in [0.1, 0.15) is 0 Å². The summed E-state index contributed by atoms with van der Waals surface area (Å²) in [6.45, 7) is 0. The first-order valence-corrected chi connectivity index (χ1v) is 6.13. The van der Waals surface area contributed by atoms with E-state index in [4.69, 9.17) is 0 Å². The quantitative estimate of drug-likeness (QED) is 0.447. The SMILES string of the molecule is O=c1c2cc3ccccc3cc2nc2ccccn12. The van der Waals surface area contributed by atoms with E-state index in [1.165, 1.54) is 0 Å². The van der Waals surface area contributed by atoms with Crippen molar-refractivity contribution in [3.8, 4) is 0 Å². The molecule has 0 aliphatic rings. The molecular formula is C16H10N2O. The van der Waals surface area contributed by atoms with Gasteiger partial charge in [0.25, 0.3) is 5.56 Å². The van der Waals surface area contributed by atoms with Gasteiger partial charge in [-0.3, -0.25) is 9.20 Å². The third-order valence-electron chi connectivity index (χ3n) is 3.39. The Morgan fingerprint density at radius 3 is 2.47 bits per heavy atom. The van der Waals surface area contributed by atoms with Crippen molar-refractivity contribution in [2.75, 3.05) is 0 Å². The van der Waals surface area contributed by atoms with E-state index in [1.807, 2.05) is 54.6 Å². The smallest absolute Gasteiger partial charge is 0.265 e. The van der Waals surface area contributed by atoms with Crippen LogP contribution >= 0.6 is 0 Å². The summed E-state index contributed by atoms with van der Waals surface area (Å²) in [6, 6.07) is 17.5. The second kappa shape index (κ2) is 3.65. The van der Waals surface area contributed by atoms with Crippen molar-refractivity contribution in [3.05, 3.63) is 71.1 Å². The highest BCUT2D eigenvalue weighted by Crippen LogP contribution is 2.19. The molecular weight excluding hydrogens is 236 g/mol. The molecule has 0 unspecified atom stereocenters. The Kier molecular flexibility index (Phi) is 1.97. The second-order valence-corrected chi connectivity index (χ2v) is 4.56. The first kappa shape index (κ1) is 10.3. The van der Waals surface area contributed by atoms with Crippen molar-refractivity contribution in [2.24, 2.45) is 0 Å². The van der Waals surface area contributed by atoms with Crippen LogP contribution in [0.15, 0.2) is 65.6 Å². The highest BCUT2D eigenvalue weighted by molar-refractivity contribution is 5.96. The monoisotopic (exact) mass is 246 g/mol. The first-order valence-electron chi connectivity index (χ1n) is 6.13. The lowest BCUT2D eigenvalue weighted by molar-refractivity contribution is 1.08. The van der Waals surface area contributed by atoms with E-state index in [1.54, 1.807) is 10.6 Å². The van der Waals surface area contributed by atoms with Crippen molar-refractivity contribution in [1.82, 2.24) is 9.38 Å². The summed E-state index contributed by atoms with van der Waals surface area (Å²) in [6.07, 6.45) is 1.75. The van der Waals surface area contributed by atoms with Gasteiger partial charge in [0.05, 0.1) is 10.9 Å². The van der Waals surface area contributed by atoms with Gasteiger partial charge in [0.1, 0.15) is 5.65 Å². The molecule has 0 bridgehead atoms. The van der Waals surface area contributed by atoms with Crippen LogP contribution in [-0.4, -0.2) is 9.38 Å². The van der Waals surface area contributed by atoms with Gasteiger partial charge >= 0.3 is 0 Å². The van der Waals surface area contributed by atoms with E-state index in [9.17, 15) is 4.79 Å². The third-order valence-corrected chi connectivity index (χ3v) is 3.39. The van der Waals surface area contributed by atoms with Crippen molar-refractivity contribution < 1.29 is 0 Å². The summed E-state index contributed by atoms with van der Waals surface area (Å²) in [5, 5.41) is 2.81. The predicted molar refractivity (Wildman–Crippen MR) is 76.5 cm³/mol. The molecule has 0 saturated heterocycles. The van der Waals surface area contributed by atoms with E-state index in [0.717, 1.165) is 16.3 Å². The van der Waals surface area contributed by atoms with Crippen LogP contribution in [0.3, 0.4) is 0 Å². The minimum Gasteiger partial charge on any atom is -0.268 e. The Bertz CT molecular complexity index is 981. The number of rotatable bonds is 0. The Morgan fingerprint density at radius 1 is 0.895 bits per heavy atom. The van der Waals surface area contributed by atoms with E-state index < -0.39 is 0 Å². The molecule has 2 heterocycles. The highest BCUT2D eigenvalue weighted by Gasteiger charge is 2.06. The first-order chi connectivity index (χ1) is 9.33. The number of nitrogens with zero attached hydrogens (tertiary/aromatic N) is 2. The average molecular weight is 246 g/mol. The lowest BCUT2D eigenvalue weighted by Crippen LogP contribution is -2.14. The maximum Gasteiger partial charge on any atom is 0.265 e. The van der Waals surface area contributed by atoms with Crippen LogP contribution < -0.4 is 5.56 Å². The molecule has 4 rings (SSSR count). The number of benzene rings is 2. The predicted octanol–water partition coefficient (Wildman–Crippen LogP) is 3.00. The Labute approximate surface area is 108 Å². The maximum atomic E-state index is 12.5. The molecule has 4 aromatic rings. The molecule has 19 heavy (non-hydrogen) atoms. The number of aromatic nitrogens is 2. The molecule has 0 spiro atoms. The topological polar surface area (TPSA) is 34.4 Å². The van der Waals surface area contributed by atoms with Crippen molar-refractivity contribution >= 4 is 27.3 Å². The number of pyridine rings is 1. The van der Waals surface area contributed by atoms with E-state index in [0.29, 0.717) is 11.0 Å². The lowest BCUT2D eigenvalue weighted by Gasteiger charge is -2.04. The molecule has 0 amide bonds. The van der Waals surface area contributed by atoms with Crippen LogP contribution in [0.25, 0.3) is 27.3 Å². The fourth-order valence-corrected chi connectivity index (χ4v) is 2.44.